The van der Waals surface area contributed by atoms with Crippen molar-refractivity contribution in [1.82, 2.24) is 9.97 Å². The molecule has 0 aliphatic rings. The summed E-state index contributed by atoms with van der Waals surface area (Å²) < 4.78 is 5.31. The van der Waals surface area contributed by atoms with E-state index in [1.54, 1.807) is 0 Å². The van der Waals surface area contributed by atoms with Gasteiger partial charge >= 0.3 is 6.01 Å². The molecule has 0 saturated carbocycles. The number of aromatic nitrogens is 2. The first-order chi connectivity index (χ1) is 9.67. The number of rotatable bonds is 8. The molecule has 0 N–H and O–H groups in total. The third-order valence-corrected chi connectivity index (χ3v) is 3.25. The maximum absolute atomic E-state index is 8.66. The Kier molecular flexibility index (Phi) is 7.16. The molecule has 0 unspecified atom stereocenters. The van der Waals surface area contributed by atoms with E-state index in [0.29, 0.717) is 12.4 Å². The number of nitrogens with zero attached hydrogens (tertiary/aromatic N) is 4. The van der Waals surface area contributed by atoms with Crippen molar-refractivity contribution in [3.05, 3.63) is 11.3 Å². The lowest BCUT2D eigenvalue weighted by atomic mass is 10.1. The van der Waals surface area contributed by atoms with Crippen LogP contribution in [0.1, 0.15) is 37.9 Å². The summed E-state index contributed by atoms with van der Waals surface area (Å²) in [6, 6.07) is 2.54. The highest BCUT2D eigenvalue weighted by Crippen LogP contribution is 2.24. The molecule has 0 aromatic carbocycles. The molecule has 1 aromatic heterocycles. The Hall–Kier alpha value is -1.48. The maximum atomic E-state index is 8.66. The first-order valence-electron chi connectivity index (χ1n) is 6.90. The molecule has 110 valence electrons. The summed E-state index contributed by atoms with van der Waals surface area (Å²) in [5.41, 5.74) is 2.07. The van der Waals surface area contributed by atoms with Crippen LogP contribution in [0.2, 0.25) is 0 Å². The minimum Gasteiger partial charge on any atom is -0.453 e. The van der Waals surface area contributed by atoms with Gasteiger partial charge in [0.15, 0.2) is 0 Å². The maximum Gasteiger partial charge on any atom is 0.319 e. The Labute approximate surface area is 126 Å². The molecule has 1 aromatic rings. The first kappa shape index (κ1) is 16.6. The molecule has 0 aliphatic carbocycles. The predicted molar refractivity (Wildman–Crippen MR) is 83.4 cm³/mol. The Bertz CT molecular complexity index is 473. The van der Waals surface area contributed by atoms with Gasteiger partial charge in [0, 0.05) is 30.8 Å². The van der Waals surface area contributed by atoms with Crippen molar-refractivity contribution in [1.29, 1.82) is 5.26 Å². The van der Waals surface area contributed by atoms with Crippen molar-refractivity contribution >= 4 is 18.4 Å². The molecule has 0 fully saturated rings. The highest BCUT2D eigenvalue weighted by atomic mass is 32.1. The van der Waals surface area contributed by atoms with Crippen molar-refractivity contribution in [3.8, 4) is 12.1 Å². The van der Waals surface area contributed by atoms with Gasteiger partial charge in [-0.25, -0.2) is 4.98 Å². The van der Waals surface area contributed by atoms with Crippen LogP contribution >= 0.6 is 12.6 Å². The van der Waals surface area contributed by atoms with Crippen LogP contribution in [0.15, 0.2) is 0 Å². The van der Waals surface area contributed by atoms with Crippen molar-refractivity contribution in [3.63, 3.8) is 0 Å². The van der Waals surface area contributed by atoms with E-state index in [2.05, 4.69) is 47.4 Å². The number of nitriles is 1. The molecule has 0 radical (unpaired) electrons. The quantitative estimate of drug-likeness (QED) is 0.454. The number of thiol groups is 1. The van der Waals surface area contributed by atoms with Crippen LogP contribution < -0.4 is 9.64 Å². The van der Waals surface area contributed by atoms with Crippen LogP contribution in [-0.2, 0) is 6.42 Å². The van der Waals surface area contributed by atoms with E-state index in [0.717, 1.165) is 43.0 Å². The third-order valence-electron chi connectivity index (χ3n) is 3.12. The van der Waals surface area contributed by atoms with Gasteiger partial charge in [-0.2, -0.15) is 10.2 Å². The molecular formula is C14H22N4OS. The molecule has 0 amide bonds. The van der Waals surface area contributed by atoms with Gasteiger partial charge < -0.3 is 9.64 Å². The number of aryl methyl sites for hydroxylation is 1. The van der Waals surface area contributed by atoms with Gasteiger partial charge in [0.05, 0.1) is 6.07 Å². The van der Waals surface area contributed by atoms with Gasteiger partial charge in [0.25, 0.3) is 0 Å². The predicted octanol–water partition coefficient (Wildman–Crippen LogP) is 2.74. The molecule has 1 rings (SSSR count). The summed E-state index contributed by atoms with van der Waals surface area (Å²) in [4.78, 5) is 11.0. The normalized spacial score (nSPS) is 10.2. The number of unbranched alkanes of at least 4 members (excludes halogenated alkanes) is 1. The molecule has 0 spiro atoms. The number of hydrogen-bond donors (Lipinski definition) is 1. The van der Waals surface area contributed by atoms with Crippen LogP contribution in [-0.4, -0.2) is 29.0 Å². The number of hydrogen-bond acceptors (Lipinski definition) is 6. The van der Waals surface area contributed by atoms with Crippen LogP contribution in [0.3, 0.4) is 0 Å². The lowest BCUT2D eigenvalue weighted by Crippen LogP contribution is -2.27. The summed E-state index contributed by atoms with van der Waals surface area (Å²) in [5, 5.41) is 8.66. The second-order valence-electron chi connectivity index (χ2n) is 4.36. The second-order valence-corrected chi connectivity index (χ2v) is 4.62. The van der Waals surface area contributed by atoms with Crippen LogP contribution in [0, 0.1) is 18.3 Å². The molecule has 0 atom stereocenters. The van der Waals surface area contributed by atoms with E-state index in [4.69, 9.17) is 10.00 Å². The fourth-order valence-corrected chi connectivity index (χ4v) is 2.23. The minimum absolute atomic E-state index is 0.255. The minimum atomic E-state index is 0.255. The average Bonchev–Trinajstić information content (AvgIpc) is 2.43. The second kappa shape index (κ2) is 8.64. The lowest BCUT2D eigenvalue weighted by Gasteiger charge is -2.25. The van der Waals surface area contributed by atoms with Crippen LogP contribution in [0.4, 0.5) is 5.82 Å². The largest absolute Gasteiger partial charge is 0.453 e. The van der Waals surface area contributed by atoms with E-state index >= 15 is 0 Å². The smallest absolute Gasteiger partial charge is 0.319 e. The summed E-state index contributed by atoms with van der Waals surface area (Å²) in [5.74, 6) is 1.17. The van der Waals surface area contributed by atoms with Crippen molar-refractivity contribution < 1.29 is 4.74 Å². The van der Waals surface area contributed by atoms with E-state index in [1.165, 1.54) is 0 Å². The summed E-state index contributed by atoms with van der Waals surface area (Å²) in [6.45, 7) is 7.81. The first-order valence-corrected chi connectivity index (χ1v) is 7.54. The Morgan fingerprint density at radius 2 is 2.10 bits per heavy atom. The molecule has 0 aliphatic heterocycles. The summed E-state index contributed by atoms with van der Waals surface area (Å²) in [7, 11) is 0. The highest BCUT2D eigenvalue weighted by Gasteiger charge is 2.16. The van der Waals surface area contributed by atoms with Crippen molar-refractivity contribution in [2.45, 2.75) is 40.0 Å². The topological polar surface area (TPSA) is 62.0 Å². The van der Waals surface area contributed by atoms with Crippen LogP contribution in [0.25, 0.3) is 0 Å². The zero-order valence-corrected chi connectivity index (χ0v) is 13.3. The number of anilines is 1. The molecule has 20 heavy (non-hydrogen) atoms. The fraction of sp³-hybridized carbons (Fsp3) is 0.643. The average molecular weight is 294 g/mol. The monoisotopic (exact) mass is 294 g/mol. The van der Waals surface area contributed by atoms with E-state index < -0.39 is 0 Å². The molecule has 0 bridgehead atoms. The SMILES string of the molecule is CCc1c(C)nc(OCS)nc1N(CC)CCCC#N. The molecule has 6 heteroatoms. The van der Waals surface area contributed by atoms with E-state index in [-0.39, 0.29) is 5.94 Å². The summed E-state index contributed by atoms with van der Waals surface area (Å²) >= 11 is 4.04. The van der Waals surface area contributed by atoms with Gasteiger partial charge in [-0.05, 0) is 26.7 Å². The Balaban J connectivity index is 3.07. The van der Waals surface area contributed by atoms with Gasteiger partial charge in [0.2, 0.25) is 0 Å². The van der Waals surface area contributed by atoms with Gasteiger partial charge in [-0.15, -0.1) is 12.6 Å². The van der Waals surface area contributed by atoms with Gasteiger partial charge in [-0.3, -0.25) is 0 Å². The van der Waals surface area contributed by atoms with Gasteiger partial charge in [0.1, 0.15) is 11.8 Å². The highest BCUT2D eigenvalue weighted by molar-refractivity contribution is 7.80. The third kappa shape index (κ3) is 4.27. The zero-order chi connectivity index (χ0) is 15.0. The molecule has 1 heterocycles. The lowest BCUT2D eigenvalue weighted by molar-refractivity contribution is 0.360. The van der Waals surface area contributed by atoms with E-state index in [9.17, 15) is 0 Å². The fourth-order valence-electron chi connectivity index (χ4n) is 2.12. The molecular weight excluding hydrogens is 272 g/mol. The van der Waals surface area contributed by atoms with Crippen LogP contribution in [0.5, 0.6) is 6.01 Å². The Morgan fingerprint density at radius 3 is 2.65 bits per heavy atom. The van der Waals surface area contributed by atoms with E-state index in [1.807, 2.05) is 6.92 Å². The summed E-state index contributed by atoms with van der Waals surface area (Å²) in [6.07, 6.45) is 2.26. The standard InChI is InChI=1S/C14H22N4OS/c1-4-12-11(3)16-14(19-10-20)17-13(12)18(5-2)9-7-6-8-15/h20H,4-7,9-10H2,1-3H3. The zero-order valence-electron chi connectivity index (χ0n) is 12.4. The van der Waals surface area contributed by atoms with Gasteiger partial charge in [-0.1, -0.05) is 6.92 Å². The number of ether oxygens (including phenoxy) is 1. The van der Waals surface area contributed by atoms with Crippen molar-refractivity contribution in [2.24, 2.45) is 0 Å². The molecule has 0 saturated heterocycles. The Morgan fingerprint density at radius 1 is 1.35 bits per heavy atom. The molecule has 5 nitrogen and oxygen atoms in total. The van der Waals surface area contributed by atoms with Crippen molar-refractivity contribution in [2.75, 3.05) is 23.9 Å².